The Morgan fingerprint density at radius 1 is 1.37 bits per heavy atom. The minimum absolute atomic E-state index is 0.335. The van der Waals surface area contributed by atoms with Gasteiger partial charge in [0.25, 0.3) is 5.91 Å². The first-order chi connectivity index (χ1) is 9.19. The Morgan fingerprint density at radius 2 is 2.21 bits per heavy atom. The number of hydrogen-bond donors (Lipinski definition) is 2. The molecule has 0 radical (unpaired) electrons. The number of carbonyl (C=O) groups is 1. The summed E-state index contributed by atoms with van der Waals surface area (Å²) < 4.78 is 1.06. The third-order valence-corrected chi connectivity index (χ3v) is 3.92. The van der Waals surface area contributed by atoms with Crippen molar-refractivity contribution in [1.82, 2.24) is 10.4 Å². The van der Waals surface area contributed by atoms with Gasteiger partial charge >= 0.3 is 0 Å². The maximum absolute atomic E-state index is 11.3. The van der Waals surface area contributed by atoms with Gasteiger partial charge in [0.15, 0.2) is 0 Å². The third-order valence-electron chi connectivity index (χ3n) is 2.40. The highest BCUT2D eigenvalue weighted by Gasteiger charge is 2.04. The first kappa shape index (κ1) is 14.0. The van der Waals surface area contributed by atoms with E-state index < -0.39 is 0 Å². The number of pyridine rings is 1. The topological polar surface area (TPSA) is 68.0 Å². The second-order valence-electron chi connectivity index (χ2n) is 3.76. The summed E-state index contributed by atoms with van der Waals surface area (Å²) in [5, 5.41) is 0. The molecule has 1 heterocycles. The number of nitrogens with two attached hydrogens (primary N) is 1. The van der Waals surface area contributed by atoms with Crippen LogP contribution >= 0.6 is 27.7 Å². The molecule has 0 bridgehead atoms. The van der Waals surface area contributed by atoms with Gasteiger partial charge in [-0.3, -0.25) is 15.2 Å². The smallest absolute Gasteiger partial charge is 0.266 e. The maximum atomic E-state index is 11.3. The molecule has 0 saturated heterocycles. The van der Waals surface area contributed by atoms with Gasteiger partial charge in [0, 0.05) is 21.3 Å². The van der Waals surface area contributed by atoms with Gasteiger partial charge in [0.05, 0.1) is 11.3 Å². The van der Waals surface area contributed by atoms with E-state index >= 15 is 0 Å². The lowest BCUT2D eigenvalue weighted by Crippen LogP contribution is -2.30. The van der Waals surface area contributed by atoms with Crippen LogP contribution in [0, 0.1) is 0 Å². The fourth-order valence-corrected chi connectivity index (χ4v) is 2.86. The predicted molar refractivity (Wildman–Crippen MR) is 79.6 cm³/mol. The number of hydrazine groups is 1. The summed E-state index contributed by atoms with van der Waals surface area (Å²) in [6.45, 7) is 0. The fraction of sp³-hybridized carbons (Fsp3) is 0.0769. The van der Waals surface area contributed by atoms with Gasteiger partial charge in [0.2, 0.25) is 0 Å². The predicted octanol–water partition coefficient (Wildman–Crippen LogP) is 2.74. The summed E-state index contributed by atoms with van der Waals surface area (Å²) in [7, 11) is 0. The summed E-state index contributed by atoms with van der Waals surface area (Å²) in [5.41, 5.74) is 3.45. The van der Waals surface area contributed by atoms with E-state index in [1.807, 2.05) is 24.3 Å². The summed E-state index contributed by atoms with van der Waals surface area (Å²) in [4.78, 5) is 16.7. The number of carbonyl (C=O) groups excluding carboxylic acids is 1. The van der Waals surface area contributed by atoms with Crippen molar-refractivity contribution in [3.63, 3.8) is 0 Å². The number of benzene rings is 1. The van der Waals surface area contributed by atoms with E-state index in [4.69, 9.17) is 5.84 Å². The zero-order valence-corrected chi connectivity index (χ0v) is 12.4. The molecule has 1 aromatic carbocycles. The van der Waals surface area contributed by atoms with Crippen LogP contribution in [0.5, 0.6) is 0 Å². The van der Waals surface area contributed by atoms with Crippen molar-refractivity contribution in [2.24, 2.45) is 5.84 Å². The highest BCUT2D eigenvalue weighted by atomic mass is 79.9. The van der Waals surface area contributed by atoms with E-state index in [0.29, 0.717) is 5.56 Å². The van der Waals surface area contributed by atoms with Crippen LogP contribution in [0.2, 0.25) is 0 Å². The van der Waals surface area contributed by atoms with E-state index in [9.17, 15) is 4.79 Å². The Bertz CT molecular complexity index is 574. The summed E-state index contributed by atoms with van der Waals surface area (Å²) in [6, 6.07) is 11.6. The van der Waals surface area contributed by atoms with Crippen molar-refractivity contribution >= 4 is 33.6 Å². The number of nitrogens with one attached hydrogen (secondary N) is 1. The van der Waals surface area contributed by atoms with Gasteiger partial charge < -0.3 is 0 Å². The van der Waals surface area contributed by atoms with Crippen molar-refractivity contribution < 1.29 is 4.79 Å². The lowest BCUT2D eigenvalue weighted by molar-refractivity contribution is 0.0953. The number of rotatable bonds is 4. The highest BCUT2D eigenvalue weighted by molar-refractivity contribution is 9.10. The lowest BCUT2D eigenvalue weighted by Gasteiger charge is -2.03. The Hall–Kier alpha value is -1.37. The molecule has 1 aromatic heterocycles. The monoisotopic (exact) mass is 337 g/mol. The molecule has 98 valence electrons. The van der Waals surface area contributed by atoms with Crippen LogP contribution in [0.25, 0.3) is 0 Å². The van der Waals surface area contributed by atoms with Gasteiger partial charge in [-0.15, -0.1) is 11.8 Å². The lowest BCUT2D eigenvalue weighted by atomic mass is 10.2. The quantitative estimate of drug-likeness (QED) is 0.389. The second kappa shape index (κ2) is 6.70. The minimum atomic E-state index is -0.335. The summed E-state index contributed by atoms with van der Waals surface area (Å²) in [6.07, 6.45) is 1.53. The molecule has 1 amide bonds. The van der Waals surface area contributed by atoms with Crippen LogP contribution in [0.3, 0.4) is 0 Å². The minimum Gasteiger partial charge on any atom is -0.290 e. The maximum Gasteiger partial charge on any atom is 0.266 e. The molecule has 0 saturated carbocycles. The van der Waals surface area contributed by atoms with Gasteiger partial charge in [0.1, 0.15) is 0 Å². The Morgan fingerprint density at radius 3 is 2.84 bits per heavy atom. The number of halogens is 1. The Labute approximate surface area is 123 Å². The van der Waals surface area contributed by atoms with Crippen LogP contribution < -0.4 is 11.3 Å². The third kappa shape index (κ3) is 4.05. The number of nitrogen functional groups attached to an aromatic ring is 1. The molecule has 4 nitrogen and oxygen atoms in total. The normalized spacial score (nSPS) is 10.2. The average Bonchev–Trinajstić information content (AvgIpc) is 2.45. The number of nitrogens with zero attached hydrogens (tertiary/aromatic N) is 1. The van der Waals surface area contributed by atoms with E-state index in [1.54, 1.807) is 17.8 Å². The second-order valence-corrected chi connectivity index (χ2v) is 5.72. The highest BCUT2D eigenvalue weighted by Crippen LogP contribution is 2.24. The van der Waals surface area contributed by atoms with E-state index in [-0.39, 0.29) is 5.91 Å². The van der Waals surface area contributed by atoms with Crippen LogP contribution in [0.1, 0.15) is 16.1 Å². The van der Waals surface area contributed by atoms with Crippen molar-refractivity contribution in [3.05, 3.63) is 58.3 Å². The first-order valence-corrected chi connectivity index (χ1v) is 7.31. The van der Waals surface area contributed by atoms with Crippen molar-refractivity contribution in [2.75, 3.05) is 0 Å². The van der Waals surface area contributed by atoms with E-state index in [0.717, 1.165) is 15.9 Å². The van der Waals surface area contributed by atoms with Crippen LogP contribution in [-0.4, -0.2) is 10.9 Å². The summed E-state index contributed by atoms with van der Waals surface area (Å²) in [5.74, 6) is 5.47. The molecule has 0 spiro atoms. The van der Waals surface area contributed by atoms with E-state index in [1.165, 1.54) is 11.1 Å². The fourth-order valence-electron chi connectivity index (χ4n) is 1.44. The molecule has 3 N–H and O–H groups in total. The molecule has 0 aliphatic carbocycles. The number of thioether (sulfide) groups is 1. The summed E-state index contributed by atoms with van der Waals surface area (Å²) >= 11 is 5.13. The largest absolute Gasteiger partial charge is 0.290 e. The Balaban J connectivity index is 1.98. The standard InChI is InChI=1S/C13H12BrN3OS/c14-10-2-1-3-12(6-10)19-8-11-5-4-9(7-16-11)13(18)17-15/h1-7H,8,15H2,(H,17,18). The zero-order chi connectivity index (χ0) is 13.7. The number of aromatic nitrogens is 1. The number of hydrogen-bond acceptors (Lipinski definition) is 4. The number of amides is 1. The molecule has 19 heavy (non-hydrogen) atoms. The molecule has 0 unspecified atom stereocenters. The molecule has 0 fully saturated rings. The van der Waals surface area contributed by atoms with Crippen molar-refractivity contribution in [1.29, 1.82) is 0 Å². The molecular weight excluding hydrogens is 326 g/mol. The molecule has 0 aliphatic rings. The molecule has 0 atom stereocenters. The van der Waals surface area contributed by atoms with Gasteiger partial charge in [-0.2, -0.15) is 0 Å². The first-order valence-electron chi connectivity index (χ1n) is 5.53. The van der Waals surface area contributed by atoms with Gasteiger partial charge in [-0.1, -0.05) is 22.0 Å². The van der Waals surface area contributed by atoms with Crippen molar-refractivity contribution in [2.45, 2.75) is 10.6 Å². The van der Waals surface area contributed by atoms with E-state index in [2.05, 4.69) is 32.4 Å². The average molecular weight is 338 g/mol. The van der Waals surface area contributed by atoms with Crippen LogP contribution in [-0.2, 0) is 5.75 Å². The van der Waals surface area contributed by atoms with Crippen molar-refractivity contribution in [3.8, 4) is 0 Å². The Kier molecular flexibility index (Phi) is 4.95. The molecular formula is C13H12BrN3OS. The SMILES string of the molecule is NNC(=O)c1ccc(CSc2cccc(Br)c2)nc1. The van der Waals surface area contributed by atoms with Crippen LogP contribution in [0.4, 0.5) is 0 Å². The molecule has 2 aromatic rings. The van der Waals surface area contributed by atoms with Gasteiger partial charge in [-0.05, 0) is 30.3 Å². The van der Waals surface area contributed by atoms with Crippen LogP contribution in [0.15, 0.2) is 52.0 Å². The van der Waals surface area contributed by atoms with Gasteiger partial charge in [-0.25, -0.2) is 5.84 Å². The molecule has 0 aliphatic heterocycles. The molecule has 6 heteroatoms. The molecule has 2 rings (SSSR count). The zero-order valence-electron chi connectivity index (χ0n) is 9.97.